The van der Waals surface area contributed by atoms with Crippen molar-refractivity contribution in [3.05, 3.63) is 65.2 Å². The topological polar surface area (TPSA) is 58.1 Å². The third kappa shape index (κ3) is 7.97. The molecule has 1 heterocycles. The molecular formula is C24H35IN4O2. The summed E-state index contributed by atoms with van der Waals surface area (Å²) in [6, 6.07) is 17.3. The Balaban J connectivity index is 0.00000341. The molecule has 7 heteroatoms. The number of nitrogens with one attached hydrogen (secondary N) is 2. The van der Waals surface area contributed by atoms with Crippen molar-refractivity contribution in [3.63, 3.8) is 0 Å². The molecule has 1 saturated heterocycles. The molecule has 31 heavy (non-hydrogen) atoms. The van der Waals surface area contributed by atoms with E-state index in [1.54, 1.807) is 7.11 Å². The zero-order valence-corrected chi connectivity index (χ0v) is 21.1. The van der Waals surface area contributed by atoms with Crippen LogP contribution >= 0.6 is 24.0 Å². The molecule has 0 aliphatic carbocycles. The number of methoxy groups -OCH3 is 1. The van der Waals surface area contributed by atoms with E-state index in [-0.39, 0.29) is 30.0 Å². The first-order chi connectivity index (χ1) is 14.7. The molecule has 2 aromatic rings. The Morgan fingerprint density at radius 2 is 1.74 bits per heavy atom. The van der Waals surface area contributed by atoms with Gasteiger partial charge in [0, 0.05) is 33.2 Å². The van der Waals surface area contributed by atoms with Crippen molar-refractivity contribution in [2.75, 3.05) is 53.6 Å². The number of aliphatic imine (C=N–C) groups is 1. The molecule has 1 unspecified atom stereocenters. The maximum absolute atomic E-state index is 5.55. The van der Waals surface area contributed by atoms with Crippen LogP contribution in [-0.4, -0.2) is 64.4 Å². The van der Waals surface area contributed by atoms with Gasteiger partial charge < -0.3 is 20.1 Å². The predicted octanol–water partition coefficient (Wildman–Crippen LogP) is 3.40. The molecule has 2 aromatic carbocycles. The van der Waals surface area contributed by atoms with Gasteiger partial charge in [-0.05, 0) is 36.6 Å². The van der Waals surface area contributed by atoms with E-state index in [1.807, 2.05) is 19.2 Å². The highest BCUT2D eigenvalue weighted by molar-refractivity contribution is 14.0. The van der Waals surface area contributed by atoms with Crippen molar-refractivity contribution < 1.29 is 9.47 Å². The van der Waals surface area contributed by atoms with Gasteiger partial charge in [0.15, 0.2) is 5.96 Å². The Bertz CT molecular complexity index is 790. The Kier molecular flexibility index (Phi) is 11.1. The number of rotatable bonds is 8. The van der Waals surface area contributed by atoms with E-state index in [0.29, 0.717) is 0 Å². The second-order valence-electron chi connectivity index (χ2n) is 7.55. The fraction of sp³-hybridized carbons (Fsp3) is 0.458. The van der Waals surface area contributed by atoms with Crippen molar-refractivity contribution in [1.82, 2.24) is 15.5 Å². The monoisotopic (exact) mass is 538 g/mol. The van der Waals surface area contributed by atoms with E-state index in [4.69, 9.17) is 9.47 Å². The van der Waals surface area contributed by atoms with Gasteiger partial charge in [0.25, 0.3) is 0 Å². The lowest BCUT2D eigenvalue weighted by Gasteiger charge is -2.35. The van der Waals surface area contributed by atoms with E-state index < -0.39 is 0 Å². The van der Waals surface area contributed by atoms with Gasteiger partial charge in [-0.15, -0.1) is 24.0 Å². The Hall–Kier alpha value is -1.84. The predicted molar refractivity (Wildman–Crippen MR) is 138 cm³/mol. The highest BCUT2D eigenvalue weighted by Gasteiger charge is 2.23. The molecule has 170 valence electrons. The standard InChI is InChI=1S/C24H34N4O2.HI/c1-19-4-6-20(7-5-19)12-13-26-24(25-2)27-18-23(28-14-16-30-17-15-28)21-8-10-22(29-3)11-9-21;/h4-11,23H,12-18H2,1-3H3,(H2,25,26,27);1H. The minimum absolute atomic E-state index is 0. The van der Waals surface area contributed by atoms with Gasteiger partial charge in [0.1, 0.15) is 5.75 Å². The van der Waals surface area contributed by atoms with E-state index in [0.717, 1.165) is 57.5 Å². The van der Waals surface area contributed by atoms with E-state index in [2.05, 4.69) is 63.8 Å². The molecule has 1 aliphatic heterocycles. The normalized spacial score (nSPS) is 15.6. The van der Waals surface area contributed by atoms with Gasteiger partial charge in [0.2, 0.25) is 0 Å². The number of aryl methyl sites for hydroxylation is 1. The minimum Gasteiger partial charge on any atom is -0.497 e. The Morgan fingerprint density at radius 3 is 2.35 bits per heavy atom. The maximum Gasteiger partial charge on any atom is 0.191 e. The molecular weight excluding hydrogens is 503 g/mol. The highest BCUT2D eigenvalue weighted by Crippen LogP contribution is 2.23. The molecule has 1 fully saturated rings. The fourth-order valence-electron chi connectivity index (χ4n) is 3.67. The van der Waals surface area contributed by atoms with Crippen LogP contribution in [0.15, 0.2) is 53.5 Å². The number of halogens is 1. The number of hydrogen-bond donors (Lipinski definition) is 2. The van der Waals surface area contributed by atoms with Crippen molar-refractivity contribution >= 4 is 29.9 Å². The summed E-state index contributed by atoms with van der Waals surface area (Å²) in [5.74, 6) is 1.70. The lowest BCUT2D eigenvalue weighted by atomic mass is 10.0. The SMILES string of the molecule is CN=C(NCCc1ccc(C)cc1)NCC(c1ccc(OC)cc1)N1CCOCC1.I. The first-order valence-corrected chi connectivity index (χ1v) is 10.7. The second kappa shape index (κ2) is 13.5. The van der Waals surface area contributed by atoms with Gasteiger partial charge in [0.05, 0.1) is 26.4 Å². The molecule has 0 aromatic heterocycles. The number of morpholine rings is 1. The van der Waals surface area contributed by atoms with Gasteiger partial charge in [-0.25, -0.2) is 0 Å². The number of benzene rings is 2. The van der Waals surface area contributed by atoms with Gasteiger partial charge in [-0.2, -0.15) is 0 Å². The second-order valence-corrected chi connectivity index (χ2v) is 7.55. The summed E-state index contributed by atoms with van der Waals surface area (Å²) < 4.78 is 10.9. The molecule has 6 nitrogen and oxygen atoms in total. The lowest BCUT2D eigenvalue weighted by Crippen LogP contribution is -2.46. The smallest absolute Gasteiger partial charge is 0.191 e. The number of nitrogens with zero attached hydrogens (tertiary/aromatic N) is 2. The summed E-state index contributed by atoms with van der Waals surface area (Å²) >= 11 is 0. The van der Waals surface area contributed by atoms with Crippen LogP contribution in [0.25, 0.3) is 0 Å². The van der Waals surface area contributed by atoms with Crippen LogP contribution in [-0.2, 0) is 11.2 Å². The molecule has 1 atom stereocenters. The van der Waals surface area contributed by atoms with Crippen molar-refractivity contribution in [2.24, 2.45) is 4.99 Å². The van der Waals surface area contributed by atoms with Crippen molar-refractivity contribution in [3.8, 4) is 5.75 Å². The molecule has 3 rings (SSSR count). The van der Waals surface area contributed by atoms with Crippen LogP contribution in [0.4, 0.5) is 0 Å². The van der Waals surface area contributed by atoms with E-state index >= 15 is 0 Å². The van der Waals surface area contributed by atoms with Crippen molar-refractivity contribution in [1.29, 1.82) is 0 Å². The molecule has 0 spiro atoms. The highest BCUT2D eigenvalue weighted by atomic mass is 127. The summed E-state index contributed by atoms with van der Waals surface area (Å²) in [4.78, 5) is 6.87. The third-order valence-electron chi connectivity index (χ3n) is 5.50. The van der Waals surface area contributed by atoms with Crippen LogP contribution in [0.5, 0.6) is 5.75 Å². The lowest BCUT2D eigenvalue weighted by molar-refractivity contribution is 0.0170. The Labute approximate surface area is 203 Å². The summed E-state index contributed by atoms with van der Waals surface area (Å²) in [6.45, 7) is 7.13. The minimum atomic E-state index is 0. The molecule has 1 aliphatic rings. The van der Waals surface area contributed by atoms with Crippen LogP contribution in [0.1, 0.15) is 22.7 Å². The van der Waals surface area contributed by atoms with Crippen LogP contribution < -0.4 is 15.4 Å². The zero-order valence-electron chi connectivity index (χ0n) is 18.8. The average Bonchev–Trinajstić information content (AvgIpc) is 2.80. The summed E-state index contributed by atoms with van der Waals surface area (Å²) in [7, 11) is 3.51. The molecule has 2 N–H and O–H groups in total. The van der Waals surface area contributed by atoms with Crippen LogP contribution in [0, 0.1) is 6.92 Å². The fourth-order valence-corrected chi connectivity index (χ4v) is 3.67. The van der Waals surface area contributed by atoms with E-state index in [1.165, 1.54) is 16.7 Å². The maximum atomic E-state index is 5.55. The number of guanidine groups is 1. The molecule has 0 saturated carbocycles. The van der Waals surface area contributed by atoms with Crippen molar-refractivity contribution in [2.45, 2.75) is 19.4 Å². The Morgan fingerprint density at radius 1 is 1.06 bits per heavy atom. The molecule has 0 bridgehead atoms. The largest absolute Gasteiger partial charge is 0.497 e. The van der Waals surface area contributed by atoms with Crippen LogP contribution in [0.2, 0.25) is 0 Å². The van der Waals surface area contributed by atoms with Crippen LogP contribution in [0.3, 0.4) is 0 Å². The summed E-state index contributed by atoms with van der Waals surface area (Å²) in [6.07, 6.45) is 0.965. The third-order valence-corrected chi connectivity index (χ3v) is 5.50. The number of hydrogen-bond acceptors (Lipinski definition) is 4. The zero-order chi connectivity index (χ0) is 21.2. The first kappa shape index (κ1) is 25.4. The molecule has 0 radical (unpaired) electrons. The van der Waals surface area contributed by atoms with Gasteiger partial charge >= 0.3 is 0 Å². The quantitative estimate of drug-likeness (QED) is 0.307. The summed E-state index contributed by atoms with van der Waals surface area (Å²) in [5, 5.41) is 6.95. The summed E-state index contributed by atoms with van der Waals surface area (Å²) in [5.41, 5.74) is 3.88. The van der Waals surface area contributed by atoms with E-state index in [9.17, 15) is 0 Å². The average molecular weight is 538 g/mol. The molecule has 0 amide bonds. The van der Waals surface area contributed by atoms with Gasteiger partial charge in [-0.1, -0.05) is 42.0 Å². The number of ether oxygens (including phenoxy) is 2. The van der Waals surface area contributed by atoms with Gasteiger partial charge in [-0.3, -0.25) is 9.89 Å². The first-order valence-electron chi connectivity index (χ1n) is 10.7.